The largest absolute Gasteiger partial charge is 0.479 e. The maximum absolute atomic E-state index is 12.7. The minimum atomic E-state index is -0.831. The molecule has 0 aliphatic rings. The van der Waals surface area contributed by atoms with Gasteiger partial charge in [-0.1, -0.05) is 54.7 Å². The van der Waals surface area contributed by atoms with E-state index < -0.39 is 6.10 Å². The molecular formula is C25H21Cl3N2O3. The lowest BCUT2D eigenvalue weighted by molar-refractivity contribution is -0.122. The maximum Gasteiger partial charge on any atom is 0.265 e. The number of halogens is 3. The van der Waals surface area contributed by atoms with E-state index in [1.165, 1.54) is 5.56 Å². The molecule has 4 aromatic rings. The first-order valence-electron chi connectivity index (χ1n) is 10.3. The Balaban J connectivity index is 1.54. The van der Waals surface area contributed by atoms with Crippen molar-refractivity contribution < 1.29 is 13.9 Å². The normalized spacial score (nSPS) is 12.2. The number of fused-ring (bicyclic) bond motifs is 1. The second-order valence-electron chi connectivity index (χ2n) is 7.92. The summed E-state index contributed by atoms with van der Waals surface area (Å²) in [6.45, 7) is 5.87. The zero-order valence-electron chi connectivity index (χ0n) is 18.2. The van der Waals surface area contributed by atoms with E-state index in [1.807, 2.05) is 18.2 Å². The van der Waals surface area contributed by atoms with E-state index >= 15 is 0 Å². The SMILES string of the molecule is CC(Oc1ccc(Cl)cc1Cl)C(=O)Nc1cc(-c2nc3cc(C(C)C)ccc3o2)ccc1Cl. The van der Waals surface area contributed by atoms with Gasteiger partial charge in [0.15, 0.2) is 11.7 Å². The van der Waals surface area contributed by atoms with Crippen molar-refractivity contribution in [3.8, 4) is 17.2 Å². The third-order valence-electron chi connectivity index (χ3n) is 5.12. The zero-order chi connectivity index (χ0) is 23.7. The van der Waals surface area contributed by atoms with Crippen LogP contribution in [0.5, 0.6) is 5.75 Å². The van der Waals surface area contributed by atoms with E-state index in [4.69, 9.17) is 44.0 Å². The fourth-order valence-electron chi connectivity index (χ4n) is 3.23. The number of rotatable bonds is 6. The molecular weight excluding hydrogens is 483 g/mol. The van der Waals surface area contributed by atoms with Crippen LogP contribution in [-0.4, -0.2) is 17.0 Å². The van der Waals surface area contributed by atoms with Gasteiger partial charge in [-0.05, 0) is 66.9 Å². The number of amides is 1. The minimum Gasteiger partial charge on any atom is -0.479 e. The Kier molecular flexibility index (Phi) is 6.84. The molecule has 0 aliphatic carbocycles. The van der Waals surface area contributed by atoms with Crippen molar-refractivity contribution in [3.05, 3.63) is 75.2 Å². The molecule has 0 saturated heterocycles. The van der Waals surface area contributed by atoms with Crippen molar-refractivity contribution in [1.82, 2.24) is 4.98 Å². The van der Waals surface area contributed by atoms with Gasteiger partial charge < -0.3 is 14.5 Å². The van der Waals surface area contributed by atoms with Crippen molar-refractivity contribution in [2.24, 2.45) is 0 Å². The van der Waals surface area contributed by atoms with Gasteiger partial charge in [-0.2, -0.15) is 0 Å². The molecule has 1 heterocycles. The van der Waals surface area contributed by atoms with E-state index in [9.17, 15) is 4.79 Å². The molecule has 0 saturated carbocycles. The summed E-state index contributed by atoms with van der Waals surface area (Å²) >= 11 is 18.4. The van der Waals surface area contributed by atoms with E-state index in [0.29, 0.717) is 49.5 Å². The summed E-state index contributed by atoms with van der Waals surface area (Å²) in [7, 11) is 0. The Morgan fingerprint density at radius 1 is 0.970 bits per heavy atom. The number of nitrogens with one attached hydrogen (secondary N) is 1. The summed E-state index contributed by atoms with van der Waals surface area (Å²) in [5.74, 6) is 0.796. The van der Waals surface area contributed by atoms with Crippen molar-refractivity contribution in [1.29, 1.82) is 0 Å². The van der Waals surface area contributed by atoms with Gasteiger partial charge in [0.05, 0.1) is 15.7 Å². The zero-order valence-corrected chi connectivity index (χ0v) is 20.4. The summed E-state index contributed by atoms with van der Waals surface area (Å²) in [5, 5.41) is 3.97. The average Bonchev–Trinajstić information content (AvgIpc) is 3.20. The van der Waals surface area contributed by atoms with Crippen LogP contribution in [0.2, 0.25) is 15.1 Å². The molecule has 170 valence electrons. The first-order valence-corrected chi connectivity index (χ1v) is 11.5. The van der Waals surface area contributed by atoms with Gasteiger partial charge in [-0.25, -0.2) is 4.98 Å². The smallest absolute Gasteiger partial charge is 0.265 e. The lowest BCUT2D eigenvalue weighted by atomic mass is 10.0. The van der Waals surface area contributed by atoms with Gasteiger partial charge in [0.2, 0.25) is 5.89 Å². The number of carbonyl (C=O) groups is 1. The van der Waals surface area contributed by atoms with E-state index in [0.717, 1.165) is 5.52 Å². The van der Waals surface area contributed by atoms with Crippen LogP contribution in [0.15, 0.2) is 59.0 Å². The number of hydrogen-bond acceptors (Lipinski definition) is 4. The minimum absolute atomic E-state index is 0.318. The first kappa shape index (κ1) is 23.4. The number of benzene rings is 3. The number of nitrogens with zero attached hydrogens (tertiary/aromatic N) is 1. The fourth-order valence-corrected chi connectivity index (χ4v) is 3.85. The van der Waals surface area contributed by atoms with Crippen molar-refractivity contribution in [3.63, 3.8) is 0 Å². The van der Waals surface area contributed by atoms with Gasteiger partial charge in [0.1, 0.15) is 11.3 Å². The lowest BCUT2D eigenvalue weighted by Crippen LogP contribution is -2.30. The molecule has 1 N–H and O–H groups in total. The lowest BCUT2D eigenvalue weighted by Gasteiger charge is -2.16. The summed E-state index contributed by atoms with van der Waals surface area (Å²) in [5.41, 5.74) is 3.75. The van der Waals surface area contributed by atoms with Gasteiger partial charge in [-0.15, -0.1) is 0 Å². The molecule has 0 spiro atoms. The first-order chi connectivity index (χ1) is 15.7. The molecule has 1 aromatic heterocycles. The molecule has 1 atom stereocenters. The van der Waals surface area contributed by atoms with Gasteiger partial charge in [-0.3, -0.25) is 4.79 Å². The number of anilines is 1. The monoisotopic (exact) mass is 502 g/mol. The van der Waals surface area contributed by atoms with Crippen LogP contribution >= 0.6 is 34.8 Å². The van der Waals surface area contributed by atoms with Gasteiger partial charge in [0.25, 0.3) is 5.91 Å². The Labute approximate surface area is 206 Å². The van der Waals surface area contributed by atoms with Crippen LogP contribution in [0, 0.1) is 0 Å². The van der Waals surface area contributed by atoms with Crippen molar-refractivity contribution in [2.75, 3.05) is 5.32 Å². The number of aromatic nitrogens is 1. The Morgan fingerprint density at radius 3 is 2.48 bits per heavy atom. The molecule has 8 heteroatoms. The standard InChI is InChI=1S/C25H21Cl3N2O3/c1-13(2)15-5-8-23-21(10-15)30-25(33-23)16-4-7-18(27)20(11-16)29-24(31)14(3)32-22-9-6-17(26)12-19(22)28/h4-14H,1-3H3,(H,29,31). The van der Waals surface area contributed by atoms with Gasteiger partial charge in [0, 0.05) is 10.6 Å². The van der Waals surface area contributed by atoms with E-state index in [2.05, 4.69) is 24.1 Å². The number of carbonyl (C=O) groups excluding carboxylic acids is 1. The van der Waals surface area contributed by atoms with E-state index in [1.54, 1.807) is 43.3 Å². The van der Waals surface area contributed by atoms with Crippen molar-refractivity contribution >= 4 is 57.5 Å². The average molecular weight is 504 g/mol. The number of hydrogen-bond donors (Lipinski definition) is 1. The molecule has 3 aromatic carbocycles. The Morgan fingerprint density at radius 2 is 1.76 bits per heavy atom. The van der Waals surface area contributed by atoms with Gasteiger partial charge >= 0.3 is 0 Å². The molecule has 0 aliphatic heterocycles. The highest BCUT2D eigenvalue weighted by molar-refractivity contribution is 6.35. The highest BCUT2D eigenvalue weighted by atomic mass is 35.5. The molecule has 0 fully saturated rings. The number of ether oxygens (including phenoxy) is 1. The highest BCUT2D eigenvalue weighted by Gasteiger charge is 2.19. The maximum atomic E-state index is 12.7. The van der Waals surface area contributed by atoms with Crippen LogP contribution in [0.25, 0.3) is 22.6 Å². The molecule has 4 rings (SSSR count). The quantitative estimate of drug-likeness (QED) is 0.290. The van der Waals surface area contributed by atoms with Crippen LogP contribution in [0.1, 0.15) is 32.3 Å². The molecule has 5 nitrogen and oxygen atoms in total. The molecule has 1 amide bonds. The Hall–Kier alpha value is -2.73. The number of oxazole rings is 1. The second kappa shape index (κ2) is 9.64. The van der Waals surface area contributed by atoms with E-state index in [-0.39, 0.29) is 5.91 Å². The summed E-state index contributed by atoms with van der Waals surface area (Å²) in [6, 6.07) is 16.0. The Bertz CT molecular complexity index is 1330. The topological polar surface area (TPSA) is 64.4 Å². The molecule has 33 heavy (non-hydrogen) atoms. The molecule has 0 radical (unpaired) electrons. The van der Waals surface area contributed by atoms with Crippen LogP contribution < -0.4 is 10.1 Å². The van der Waals surface area contributed by atoms with Crippen LogP contribution in [-0.2, 0) is 4.79 Å². The summed E-state index contributed by atoms with van der Waals surface area (Å²) in [6.07, 6.45) is -0.831. The van der Waals surface area contributed by atoms with Crippen molar-refractivity contribution in [2.45, 2.75) is 32.8 Å². The van der Waals surface area contributed by atoms with Crippen LogP contribution in [0.4, 0.5) is 5.69 Å². The van der Waals surface area contributed by atoms with Crippen LogP contribution in [0.3, 0.4) is 0 Å². The molecule has 0 bridgehead atoms. The highest BCUT2D eigenvalue weighted by Crippen LogP contribution is 2.32. The predicted octanol–water partition coefficient (Wildman–Crippen LogP) is 7.98. The fraction of sp³-hybridized carbons (Fsp3) is 0.200. The summed E-state index contributed by atoms with van der Waals surface area (Å²) in [4.78, 5) is 17.3. The third kappa shape index (κ3) is 5.27. The summed E-state index contributed by atoms with van der Waals surface area (Å²) < 4.78 is 11.6. The third-order valence-corrected chi connectivity index (χ3v) is 5.98. The molecule has 1 unspecified atom stereocenters. The second-order valence-corrected chi connectivity index (χ2v) is 9.17. The predicted molar refractivity (Wildman–Crippen MR) is 134 cm³/mol.